The maximum atomic E-state index is 5.93. The first-order valence-corrected chi connectivity index (χ1v) is 9.00. The molecular weight excluding hydrogens is 326 g/mol. The Labute approximate surface area is 153 Å². The van der Waals surface area contributed by atoms with E-state index in [1.165, 1.54) is 6.42 Å². The first kappa shape index (κ1) is 16.8. The first-order valence-electron chi connectivity index (χ1n) is 9.00. The zero-order valence-corrected chi connectivity index (χ0v) is 15.2. The molecule has 2 aromatic heterocycles. The number of hydrogen-bond acceptors (Lipinski definition) is 5. The first-order chi connectivity index (χ1) is 12.7. The molecule has 5 heteroatoms. The summed E-state index contributed by atoms with van der Waals surface area (Å²) in [4.78, 5) is 11.8. The average molecular weight is 349 g/mol. The predicted molar refractivity (Wildman–Crippen MR) is 99.9 cm³/mol. The molecule has 0 N–H and O–H groups in total. The molecule has 0 spiro atoms. The van der Waals surface area contributed by atoms with Gasteiger partial charge in [-0.1, -0.05) is 6.07 Å². The standard InChI is InChI=1S/C21H23N3O2/c1-15-19(23-21(26-15)16-8-10-17(25-2)11-9-16)14-24-13-5-7-20(24)18-6-3-4-12-22-18/h3-4,6,8-12,20H,5,7,13-14H2,1-2H3/t20-/m1/s1. The van der Waals surface area contributed by atoms with Crippen LogP contribution < -0.4 is 4.74 Å². The Morgan fingerprint density at radius 1 is 1.19 bits per heavy atom. The van der Waals surface area contributed by atoms with Crippen molar-refractivity contribution in [2.75, 3.05) is 13.7 Å². The number of oxazole rings is 1. The van der Waals surface area contributed by atoms with Crippen LogP contribution in [0.2, 0.25) is 0 Å². The molecule has 4 rings (SSSR count). The Bertz CT molecular complexity index is 859. The maximum absolute atomic E-state index is 5.93. The van der Waals surface area contributed by atoms with Crippen LogP contribution in [0.4, 0.5) is 0 Å². The molecule has 1 atom stereocenters. The highest BCUT2D eigenvalue weighted by atomic mass is 16.5. The lowest BCUT2D eigenvalue weighted by molar-refractivity contribution is 0.240. The number of hydrogen-bond donors (Lipinski definition) is 0. The fourth-order valence-electron chi connectivity index (χ4n) is 3.55. The highest BCUT2D eigenvalue weighted by Crippen LogP contribution is 2.33. The summed E-state index contributed by atoms with van der Waals surface area (Å²) < 4.78 is 11.1. The zero-order valence-electron chi connectivity index (χ0n) is 15.2. The van der Waals surface area contributed by atoms with Crippen molar-refractivity contribution in [3.05, 3.63) is 65.8 Å². The third kappa shape index (κ3) is 3.35. The summed E-state index contributed by atoms with van der Waals surface area (Å²) in [6, 6.07) is 14.3. The van der Waals surface area contributed by atoms with E-state index in [1.807, 2.05) is 43.5 Å². The average Bonchev–Trinajstić information content (AvgIpc) is 3.30. The van der Waals surface area contributed by atoms with Gasteiger partial charge in [0.2, 0.25) is 5.89 Å². The number of likely N-dealkylation sites (tertiary alicyclic amines) is 1. The van der Waals surface area contributed by atoms with Crippen molar-refractivity contribution in [2.45, 2.75) is 32.4 Å². The fourth-order valence-corrected chi connectivity index (χ4v) is 3.55. The molecule has 1 fully saturated rings. The van der Waals surface area contributed by atoms with Gasteiger partial charge in [-0.25, -0.2) is 4.98 Å². The Kier molecular flexibility index (Phi) is 4.71. The minimum absolute atomic E-state index is 0.358. The summed E-state index contributed by atoms with van der Waals surface area (Å²) in [5, 5.41) is 0. The van der Waals surface area contributed by atoms with Crippen LogP contribution in [0.3, 0.4) is 0 Å². The number of aromatic nitrogens is 2. The molecule has 1 aliphatic rings. The Balaban J connectivity index is 1.54. The van der Waals surface area contributed by atoms with Crippen molar-refractivity contribution >= 4 is 0 Å². The fraction of sp³-hybridized carbons (Fsp3) is 0.333. The van der Waals surface area contributed by atoms with E-state index in [-0.39, 0.29) is 0 Å². The largest absolute Gasteiger partial charge is 0.497 e. The van der Waals surface area contributed by atoms with E-state index < -0.39 is 0 Å². The van der Waals surface area contributed by atoms with Gasteiger partial charge in [0.15, 0.2) is 0 Å². The van der Waals surface area contributed by atoms with Gasteiger partial charge in [-0.05, 0) is 62.7 Å². The van der Waals surface area contributed by atoms with Gasteiger partial charge in [0.1, 0.15) is 11.5 Å². The zero-order chi connectivity index (χ0) is 17.9. The van der Waals surface area contributed by atoms with Crippen LogP contribution in [0.25, 0.3) is 11.5 Å². The maximum Gasteiger partial charge on any atom is 0.226 e. The molecule has 0 amide bonds. The number of ether oxygens (including phenoxy) is 1. The van der Waals surface area contributed by atoms with Gasteiger partial charge in [0, 0.05) is 18.3 Å². The topological polar surface area (TPSA) is 51.4 Å². The van der Waals surface area contributed by atoms with E-state index in [0.29, 0.717) is 11.9 Å². The molecule has 1 aliphatic heterocycles. The van der Waals surface area contributed by atoms with Crippen molar-refractivity contribution in [1.29, 1.82) is 0 Å². The second kappa shape index (κ2) is 7.30. The predicted octanol–water partition coefficient (Wildman–Crippen LogP) is 4.39. The van der Waals surface area contributed by atoms with E-state index in [2.05, 4.69) is 22.0 Å². The van der Waals surface area contributed by atoms with Gasteiger partial charge in [0.25, 0.3) is 0 Å². The molecule has 0 unspecified atom stereocenters. The van der Waals surface area contributed by atoms with Crippen LogP contribution in [0.5, 0.6) is 5.75 Å². The van der Waals surface area contributed by atoms with Crippen molar-refractivity contribution in [3.63, 3.8) is 0 Å². The van der Waals surface area contributed by atoms with Crippen molar-refractivity contribution in [3.8, 4) is 17.2 Å². The molecule has 1 saturated heterocycles. The lowest BCUT2D eigenvalue weighted by Gasteiger charge is -2.23. The molecule has 0 bridgehead atoms. The van der Waals surface area contributed by atoms with Gasteiger partial charge in [0.05, 0.1) is 24.5 Å². The molecule has 0 aliphatic carbocycles. The summed E-state index contributed by atoms with van der Waals surface area (Å²) in [5.41, 5.74) is 3.10. The quantitative estimate of drug-likeness (QED) is 0.684. The van der Waals surface area contributed by atoms with Gasteiger partial charge in [-0.2, -0.15) is 0 Å². The third-order valence-corrected chi connectivity index (χ3v) is 4.98. The normalized spacial score (nSPS) is 17.5. The lowest BCUT2D eigenvalue weighted by atomic mass is 10.1. The Morgan fingerprint density at radius 2 is 2.04 bits per heavy atom. The van der Waals surface area contributed by atoms with Gasteiger partial charge in [-0.3, -0.25) is 9.88 Å². The molecule has 26 heavy (non-hydrogen) atoms. The number of aryl methyl sites for hydroxylation is 1. The third-order valence-electron chi connectivity index (χ3n) is 4.98. The highest BCUT2D eigenvalue weighted by Gasteiger charge is 2.28. The Hall–Kier alpha value is -2.66. The minimum atomic E-state index is 0.358. The Morgan fingerprint density at radius 3 is 2.77 bits per heavy atom. The molecular formula is C21H23N3O2. The van der Waals surface area contributed by atoms with Crippen LogP contribution in [0.15, 0.2) is 53.1 Å². The molecule has 0 radical (unpaired) electrons. The molecule has 3 aromatic rings. The molecule has 5 nitrogen and oxygen atoms in total. The van der Waals surface area contributed by atoms with Crippen LogP contribution in [-0.2, 0) is 6.54 Å². The summed E-state index contributed by atoms with van der Waals surface area (Å²) in [6.07, 6.45) is 4.19. The van der Waals surface area contributed by atoms with E-state index >= 15 is 0 Å². The molecule has 0 saturated carbocycles. The SMILES string of the molecule is COc1ccc(-c2nc(CN3CCC[C@@H]3c3ccccn3)c(C)o2)cc1. The molecule has 3 heterocycles. The van der Waals surface area contributed by atoms with Crippen molar-refractivity contribution in [2.24, 2.45) is 0 Å². The number of methoxy groups -OCH3 is 1. The summed E-state index contributed by atoms with van der Waals surface area (Å²) in [5.74, 6) is 2.36. The molecule has 1 aromatic carbocycles. The van der Waals surface area contributed by atoms with Crippen LogP contribution in [0.1, 0.15) is 36.0 Å². The van der Waals surface area contributed by atoms with Gasteiger partial charge >= 0.3 is 0 Å². The highest BCUT2D eigenvalue weighted by molar-refractivity contribution is 5.55. The van der Waals surface area contributed by atoms with Crippen molar-refractivity contribution in [1.82, 2.24) is 14.9 Å². The van der Waals surface area contributed by atoms with Crippen LogP contribution >= 0.6 is 0 Å². The van der Waals surface area contributed by atoms with Crippen LogP contribution in [-0.4, -0.2) is 28.5 Å². The molecule has 134 valence electrons. The number of pyridine rings is 1. The number of benzene rings is 1. The summed E-state index contributed by atoms with van der Waals surface area (Å²) in [7, 11) is 1.66. The van der Waals surface area contributed by atoms with Gasteiger partial charge < -0.3 is 9.15 Å². The lowest BCUT2D eigenvalue weighted by Crippen LogP contribution is -2.23. The second-order valence-corrected chi connectivity index (χ2v) is 6.63. The van der Waals surface area contributed by atoms with Gasteiger partial charge in [-0.15, -0.1) is 0 Å². The van der Waals surface area contributed by atoms with Crippen LogP contribution in [0, 0.1) is 6.92 Å². The summed E-state index contributed by atoms with van der Waals surface area (Å²) in [6.45, 7) is 3.83. The smallest absolute Gasteiger partial charge is 0.226 e. The van der Waals surface area contributed by atoms with E-state index in [9.17, 15) is 0 Å². The number of rotatable bonds is 5. The van der Waals surface area contributed by atoms with E-state index in [1.54, 1.807) is 7.11 Å². The van der Waals surface area contributed by atoms with E-state index in [0.717, 1.165) is 48.0 Å². The van der Waals surface area contributed by atoms with E-state index in [4.69, 9.17) is 14.1 Å². The minimum Gasteiger partial charge on any atom is -0.497 e. The van der Waals surface area contributed by atoms with Crippen molar-refractivity contribution < 1.29 is 9.15 Å². The second-order valence-electron chi connectivity index (χ2n) is 6.63. The summed E-state index contributed by atoms with van der Waals surface area (Å²) >= 11 is 0. The number of nitrogens with zero attached hydrogens (tertiary/aromatic N) is 3. The monoisotopic (exact) mass is 349 g/mol.